The van der Waals surface area contributed by atoms with Gasteiger partial charge < -0.3 is 24.4 Å². The molecule has 8 nitrogen and oxygen atoms in total. The van der Waals surface area contributed by atoms with Gasteiger partial charge in [0, 0.05) is 18.0 Å². The summed E-state index contributed by atoms with van der Waals surface area (Å²) >= 11 is 0. The number of aromatic nitrogens is 2. The Bertz CT molecular complexity index is 1260. The van der Waals surface area contributed by atoms with E-state index in [1.54, 1.807) is 6.07 Å². The number of nitrogens with zero attached hydrogens (tertiary/aromatic N) is 2. The van der Waals surface area contributed by atoms with Crippen LogP contribution in [0.15, 0.2) is 35.3 Å². The minimum atomic E-state index is -0.508. The van der Waals surface area contributed by atoms with E-state index in [-0.39, 0.29) is 11.8 Å². The van der Waals surface area contributed by atoms with E-state index in [1.165, 1.54) is 51.7 Å². The SMILES string of the molecule is COC(=O)c1c(NC(=O)c2ccoc2)c2cc(NC3C4CC5CC(C4)CC3C5)cnc2n1CC(C)C. The lowest BCUT2D eigenvalue weighted by Gasteiger charge is -2.54. The summed E-state index contributed by atoms with van der Waals surface area (Å²) < 4.78 is 12.1. The highest BCUT2D eigenvalue weighted by Crippen LogP contribution is 2.54. The predicted molar refractivity (Wildman–Crippen MR) is 137 cm³/mol. The normalized spacial score (nSPS) is 26.5. The number of esters is 1. The van der Waals surface area contributed by atoms with E-state index in [0.717, 1.165) is 22.9 Å². The van der Waals surface area contributed by atoms with Gasteiger partial charge in [-0.15, -0.1) is 0 Å². The number of ether oxygens (including phenoxy) is 1. The molecule has 4 aliphatic carbocycles. The molecule has 3 heterocycles. The summed E-state index contributed by atoms with van der Waals surface area (Å²) in [6, 6.07) is 4.08. The van der Waals surface area contributed by atoms with E-state index in [0.29, 0.717) is 47.0 Å². The van der Waals surface area contributed by atoms with Gasteiger partial charge in [-0.2, -0.15) is 0 Å². The third-order valence-corrected chi connectivity index (χ3v) is 8.41. The van der Waals surface area contributed by atoms with Gasteiger partial charge in [-0.1, -0.05) is 13.8 Å². The first-order chi connectivity index (χ1) is 17.4. The fourth-order valence-electron chi connectivity index (χ4n) is 7.22. The van der Waals surface area contributed by atoms with Crippen molar-refractivity contribution in [2.75, 3.05) is 17.7 Å². The minimum Gasteiger partial charge on any atom is -0.472 e. The lowest BCUT2D eigenvalue weighted by molar-refractivity contribution is 0.00753. The highest BCUT2D eigenvalue weighted by Gasteiger charge is 2.48. The number of carbonyl (C=O) groups excluding carboxylic acids is 2. The summed E-state index contributed by atoms with van der Waals surface area (Å²) in [6.45, 7) is 4.73. The smallest absolute Gasteiger partial charge is 0.356 e. The van der Waals surface area contributed by atoms with Crippen LogP contribution in [0.1, 0.15) is 66.8 Å². The Morgan fingerprint density at radius 2 is 1.89 bits per heavy atom. The first-order valence-electron chi connectivity index (χ1n) is 13.1. The van der Waals surface area contributed by atoms with Crippen molar-refractivity contribution in [1.29, 1.82) is 0 Å². The monoisotopic (exact) mass is 490 g/mol. The van der Waals surface area contributed by atoms with Crippen LogP contribution < -0.4 is 10.6 Å². The minimum absolute atomic E-state index is 0.258. The number of nitrogens with one attached hydrogen (secondary N) is 2. The average Bonchev–Trinajstić information content (AvgIpc) is 3.48. The summed E-state index contributed by atoms with van der Waals surface area (Å²) in [6.07, 6.45) is 11.4. The zero-order valence-corrected chi connectivity index (χ0v) is 21.1. The molecule has 2 N–H and O–H groups in total. The van der Waals surface area contributed by atoms with Crippen LogP contribution in [0.3, 0.4) is 0 Å². The van der Waals surface area contributed by atoms with Gasteiger partial charge >= 0.3 is 5.97 Å². The molecule has 7 rings (SSSR count). The van der Waals surface area contributed by atoms with Crippen molar-refractivity contribution in [2.24, 2.45) is 29.6 Å². The van der Waals surface area contributed by atoms with E-state index in [1.807, 2.05) is 16.8 Å². The Morgan fingerprint density at radius 3 is 2.50 bits per heavy atom. The second-order valence-electron chi connectivity index (χ2n) is 11.4. The molecule has 3 aromatic rings. The van der Waals surface area contributed by atoms with Gasteiger partial charge in [0.15, 0.2) is 5.69 Å². The molecule has 36 heavy (non-hydrogen) atoms. The summed E-state index contributed by atoms with van der Waals surface area (Å²) in [7, 11) is 1.36. The quantitative estimate of drug-likeness (QED) is 0.421. The summed E-state index contributed by atoms with van der Waals surface area (Å²) in [5, 5.41) is 7.50. The van der Waals surface area contributed by atoms with Crippen LogP contribution in [-0.4, -0.2) is 34.6 Å². The maximum atomic E-state index is 13.0. The van der Waals surface area contributed by atoms with Crippen molar-refractivity contribution in [3.05, 3.63) is 42.1 Å². The third-order valence-electron chi connectivity index (χ3n) is 8.41. The molecule has 4 fully saturated rings. The molecule has 0 aromatic carbocycles. The molecule has 190 valence electrons. The molecule has 0 unspecified atom stereocenters. The van der Waals surface area contributed by atoms with Gasteiger partial charge in [-0.3, -0.25) is 4.79 Å². The lowest BCUT2D eigenvalue weighted by Crippen LogP contribution is -2.51. The molecule has 0 aliphatic heterocycles. The summed E-state index contributed by atoms with van der Waals surface area (Å²) in [4.78, 5) is 30.8. The van der Waals surface area contributed by atoms with Crippen molar-refractivity contribution in [1.82, 2.24) is 9.55 Å². The Balaban J connectivity index is 1.41. The highest BCUT2D eigenvalue weighted by atomic mass is 16.5. The van der Waals surface area contributed by atoms with Crippen LogP contribution in [0.25, 0.3) is 11.0 Å². The molecule has 0 radical (unpaired) electrons. The fourth-order valence-corrected chi connectivity index (χ4v) is 7.22. The van der Waals surface area contributed by atoms with Gasteiger partial charge in [-0.05, 0) is 73.8 Å². The van der Waals surface area contributed by atoms with Crippen LogP contribution in [0.5, 0.6) is 0 Å². The number of methoxy groups -OCH3 is 1. The van der Waals surface area contributed by atoms with E-state index in [2.05, 4.69) is 24.5 Å². The highest BCUT2D eigenvalue weighted by molar-refractivity contribution is 6.14. The second kappa shape index (κ2) is 8.98. The molecule has 4 bridgehead atoms. The first kappa shape index (κ1) is 23.1. The number of pyridine rings is 1. The van der Waals surface area contributed by atoms with Gasteiger partial charge in [0.2, 0.25) is 0 Å². The van der Waals surface area contributed by atoms with E-state index in [9.17, 15) is 9.59 Å². The molecular weight excluding hydrogens is 456 g/mol. The Labute approximate surface area is 210 Å². The van der Waals surface area contributed by atoms with Crippen LogP contribution >= 0.6 is 0 Å². The first-order valence-corrected chi connectivity index (χ1v) is 13.1. The number of anilines is 2. The van der Waals surface area contributed by atoms with Crippen LogP contribution in [0.2, 0.25) is 0 Å². The standard InChI is InChI=1S/C28H34N4O4/c1-15(2)13-32-25(28(34)35-3)24(31-27(33)18-4-5-36-14-18)22-11-21(12-29-26(22)32)30-23-19-7-16-6-17(9-19)10-20(23)8-16/h4-5,11-12,14-17,19-20,23,30H,6-10,13H2,1-3H3,(H,31,33). The Hall–Kier alpha value is -3.29. The van der Waals surface area contributed by atoms with Crippen LogP contribution in [-0.2, 0) is 11.3 Å². The molecule has 8 heteroatoms. The number of rotatable bonds is 7. The zero-order chi connectivity index (χ0) is 25.0. The number of hydrogen-bond acceptors (Lipinski definition) is 6. The zero-order valence-electron chi connectivity index (χ0n) is 21.1. The van der Waals surface area contributed by atoms with Gasteiger partial charge in [0.1, 0.15) is 11.9 Å². The maximum Gasteiger partial charge on any atom is 0.356 e. The fraction of sp³-hybridized carbons (Fsp3) is 0.536. The number of fused-ring (bicyclic) bond motifs is 1. The van der Waals surface area contributed by atoms with Crippen LogP contribution in [0.4, 0.5) is 11.4 Å². The van der Waals surface area contributed by atoms with E-state index < -0.39 is 5.97 Å². The maximum absolute atomic E-state index is 13.0. The van der Waals surface area contributed by atoms with Gasteiger partial charge in [0.25, 0.3) is 5.91 Å². The largest absolute Gasteiger partial charge is 0.472 e. The van der Waals surface area contributed by atoms with E-state index >= 15 is 0 Å². The third kappa shape index (κ3) is 3.96. The topological polar surface area (TPSA) is 98.4 Å². The molecule has 4 saturated carbocycles. The number of hydrogen-bond donors (Lipinski definition) is 2. The molecule has 1 amide bonds. The molecule has 4 aliphatic rings. The van der Waals surface area contributed by atoms with Gasteiger partial charge in [-0.25, -0.2) is 9.78 Å². The van der Waals surface area contributed by atoms with Gasteiger partial charge in [0.05, 0.1) is 36.5 Å². The molecular formula is C28H34N4O4. The van der Waals surface area contributed by atoms with Crippen LogP contribution in [0, 0.1) is 29.6 Å². The van der Waals surface area contributed by atoms with Crippen molar-refractivity contribution >= 4 is 34.3 Å². The van der Waals surface area contributed by atoms with Crippen molar-refractivity contribution < 1.29 is 18.7 Å². The van der Waals surface area contributed by atoms with E-state index in [4.69, 9.17) is 14.1 Å². The summed E-state index contributed by atoms with van der Waals surface area (Å²) in [5.74, 6) is 2.64. The number of furan rings is 1. The molecule has 3 aromatic heterocycles. The molecule has 0 atom stereocenters. The summed E-state index contributed by atoms with van der Waals surface area (Å²) in [5.41, 5.74) is 2.69. The number of amides is 1. The molecule has 0 saturated heterocycles. The Kier molecular flexibility index (Phi) is 5.77. The number of carbonyl (C=O) groups is 2. The Morgan fingerprint density at radius 1 is 1.17 bits per heavy atom. The average molecular weight is 491 g/mol. The molecule has 0 spiro atoms. The lowest BCUT2D eigenvalue weighted by atomic mass is 9.54. The van der Waals surface area contributed by atoms with Crippen molar-refractivity contribution in [3.63, 3.8) is 0 Å². The van der Waals surface area contributed by atoms with Crippen molar-refractivity contribution in [3.8, 4) is 0 Å². The van der Waals surface area contributed by atoms with Crippen molar-refractivity contribution in [2.45, 2.75) is 58.5 Å². The second-order valence-corrected chi connectivity index (χ2v) is 11.4. The predicted octanol–water partition coefficient (Wildman–Crippen LogP) is 5.56.